The molecule has 25 heavy (non-hydrogen) atoms. The molecule has 0 unspecified atom stereocenters. The second-order valence-corrected chi connectivity index (χ2v) is 6.19. The third kappa shape index (κ3) is 3.26. The highest BCUT2D eigenvalue weighted by Crippen LogP contribution is 2.26. The van der Waals surface area contributed by atoms with Crippen molar-refractivity contribution in [3.63, 3.8) is 0 Å². The molecule has 0 spiro atoms. The number of anilines is 2. The number of rotatable bonds is 3. The van der Waals surface area contributed by atoms with Crippen LogP contribution in [0.2, 0.25) is 0 Å². The highest BCUT2D eigenvalue weighted by molar-refractivity contribution is 6.01. The summed E-state index contributed by atoms with van der Waals surface area (Å²) in [6.45, 7) is 1.45. The summed E-state index contributed by atoms with van der Waals surface area (Å²) in [6, 6.07) is 15.9. The highest BCUT2D eigenvalue weighted by Gasteiger charge is 2.16. The number of para-hydroxylation sites is 1. The van der Waals surface area contributed by atoms with Gasteiger partial charge in [-0.05, 0) is 36.6 Å². The predicted molar refractivity (Wildman–Crippen MR) is 101 cm³/mol. The van der Waals surface area contributed by atoms with E-state index in [0.717, 1.165) is 35.8 Å². The average Bonchev–Trinajstić information content (AvgIpc) is 2.66. The summed E-state index contributed by atoms with van der Waals surface area (Å²) in [4.78, 5) is 18.7. The number of hydrogen-bond acceptors (Lipinski definition) is 3. The lowest BCUT2D eigenvalue weighted by Gasteiger charge is -2.31. The van der Waals surface area contributed by atoms with Gasteiger partial charge in [0.05, 0.1) is 12.4 Å². The van der Waals surface area contributed by atoms with Crippen LogP contribution in [-0.2, 0) is 6.42 Å². The van der Waals surface area contributed by atoms with Gasteiger partial charge in [-0.2, -0.15) is 0 Å². The fourth-order valence-corrected chi connectivity index (χ4v) is 3.34. The summed E-state index contributed by atoms with van der Waals surface area (Å²) < 4.78 is 0. The third-order valence-electron chi connectivity index (χ3n) is 4.57. The molecule has 126 valence electrons. The molecule has 0 radical (unpaired) electrons. The van der Waals surface area contributed by atoms with Crippen LogP contribution in [0, 0.1) is 0 Å². The van der Waals surface area contributed by atoms with E-state index in [2.05, 4.69) is 38.7 Å². The minimum atomic E-state index is -0.202. The zero-order valence-corrected chi connectivity index (χ0v) is 13.9. The molecule has 5 heteroatoms. The lowest BCUT2D eigenvalue weighted by molar-refractivity contribution is 0.252. The number of carbonyl (C=O) groups is 1. The molecule has 0 saturated heterocycles. The number of amides is 2. The van der Waals surface area contributed by atoms with Gasteiger partial charge in [0, 0.05) is 35.4 Å². The highest BCUT2D eigenvalue weighted by atomic mass is 16.2. The zero-order chi connectivity index (χ0) is 17.1. The molecule has 0 fully saturated rings. The molecule has 1 aliphatic rings. The van der Waals surface area contributed by atoms with Crippen molar-refractivity contribution in [3.05, 3.63) is 66.5 Å². The summed E-state index contributed by atoms with van der Waals surface area (Å²) in [6.07, 6.45) is 5.73. The van der Waals surface area contributed by atoms with Crippen LogP contribution >= 0.6 is 0 Å². The van der Waals surface area contributed by atoms with Gasteiger partial charge in [0.25, 0.3) is 0 Å². The maximum atomic E-state index is 12.3. The lowest BCUT2D eigenvalue weighted by atomic mass is 10.0. The number of pyridine rings is 1. The Morgan fingerprint density at radius 2 is 2.04 bits per heavy atom. The molecule has 4 rings (SSSR count). The molecule has 2 N–H and O–H groups in total. The van der Waals surface area contributed by atoms with E-state index in [4.69, 9.17) is 0 Å². The first kappa shape index (κ1) is 15.4. The lowest BCUT2D eigenvalue weighted by Crippen LogP contribution is -2.42. The maximum absolute atomic E-state index is 12.3. The second kappa shape index (κ2) is 6.81. The number of hydrogen-bond donors (Lipinski definition) is 2. The number of fused-ring (bicyclic) bond motifs is 2. The van der Waals surface area contributed by atoms with Gasteiger partial charge in [0.1, 0.15) is 0 Å². The Bertz CT molecular complexity index is 904. The summed E-state index contributed by atoms with van der Waals surface area (Å²) in [7, 11) is 0. The third-order valence-corrected chi connectivity index (χ3v) is 4.57. The smallest absolute Gasteiger partial charge is 0.320 e. The van der Waals surface area contributed by atoms with Gasteiger partial charge in [-0.15, -0.1) is 0 Å². The van der Waals surface area contributed by atoms with Gasteiger partial charge >= 0.3 is 6.03 Å². The molecule has 0 atom stereocenters. The summed E-state index contributed by atoms with van der Waals surface area (Å²) in [5.41, 5.74) is 3.35. The van der Waals surface area contributed by atoms with Crippen molar-refractivity contribution in [1.29, 1.82) is 0 Å². The number of nitrogens with zero attached hydrogens (tertiary/aromatic N) is 2. The number of urea groups is 1. The fourth-order valence-electron chi connectivity index (χ4n) is 3.34. The van der Waals surface area contributed by atoms with Crippen LogP contribution in [0.15, 0.2) is 60.9 Å². The van der Waals surface area contributed by atoms with Crippen molar-refractivity contribution in [1.82, 2.24) is 10.3 Å². The van der Waals surface area contributed by atoms with E-state index in [0.29, 0.717) is 6.67 Å². The molecule has 2 aromatic carbocycles. The van der Waals surface area contributed by atoms with Crippen molar-refractivity contribution in [3.8, 4) is 0 Å². The quantitative estimate of drug-likeness (QED) is 0.768. The number of benzene rings is 2. The van der Waals surface area contributed by atoms with Gasteiger partial charge < -0.3 is 15.5 Å². The minimum absolute atomic E-state index is 0.202. The van der Waals surface area contributed by atoms with Crippen LogP contribution in [0.3, 0.4) is 0 Å². The van der Waals surface area contributed by atoms with Crippen molar-refractivity contribution < 1.29 is 4.79 Å². The van der Waals surface area contributed by atoms with E-state index in [9.17, 15) is 4.79 Å². The molecule has 2 heterocycles. The molecular formula is C20H20N4O. The van der Waals surface area contributed by atoms with Gasteiger partial charge in [-0.25, -0.2) is 4.79 Å². The summed E-state index contributed by atoms with van der Waals surface area (Å²) >= 11 is 0. The van der Waals surface area contributed by atoms with Crippen LogP contribution in [0.1, 0.15) is 12.0 Å². The number of aromatic nitrogens is 1. The van der Waals surface area contributed by atoms with Crippen LogP contribution in [0.5, 0.6) is 0 Å². The van der Waals surface area contributed by atoms with Crippen LogP contribution in [0.25, 0.3) is 10.8 Å². The number of nitrogens with one attached hydrogen (secondary N) is 2. The van der Waals surface area contributed by atoms with Crippen LogP contribution < -0.4 is 15.5 Å². The second-order valence-electron chi connectivity index (χ2n) is 6.19. The SMILES string of the molecule is O=C(NCN1CCCc2ccccc21)Nc1cccc2cnccc12. The summed E-state index contributed by atoms with van der Waals surface area (Å²) in [5.74, 6) is 0. The van der Waals surface area contributed by atoms with E-state index < -0.39 is 0 Å². The molecule has 0 aliphatic carbocycles. The molecule has 5 nitrogen and oxygen atoms in total. The Hall–Kier alpha value is -3.08. The van der Waals surface area contributed by atoms with E-state index in [1.165, 1.54) is 11.3 Å². The van der Waals surface area contributed by atoms with Crippen molar-refractivity contribution in [2.75, 3.05) is 23.4 Å². The Labute approximate surface area is 146 Å². The standard InChI is InChI=1S/C20H20N4O/c25-20(23-18-8-3-6-16-13-21-11-10-17(16)18)22-14-24-12-4-7-15-5-1-2-9-19(15)24/h1-3,5-6,8-11,13H,4,7,12,14H2,(H2,22,23,25). The molecule has 1 aliphatic heterocycles. The minimum Gasteiger partial charge on any atom is -0.354 e. The van der Waals surface area contributed by atoms with E-state index in [1.54, 1.807) is 12.4 Å². The largest absolute Gasteiger partial charge is 0.354 e. The van der Waals surface area contributed by atoms with E-state index in [1.807, 2.05) is 30.3 Å². The van der Waals surface area contributed by atoms with Crippen molar-refractivity contribution >= 4 is 28.2 Å². The van der Waals surface area contributed by atoms with Gasteiger partial charge in [0.15, 0.2) is 0 Å². The van der Waals surface area contributed by atoms with Crippen LogP contribution in [0.4, 0.5) is 16.2 Å². The molecule has 0 saturated carbocycles. The topological polar surface area (TPSA) is 57.3 Å². The van der Waals surface area contributed by atoms with Gasteiger partial charge in [-0.3, -0.25) is 4.98 Å². The van der Waals surface area contributed by atoms with Crippen molar-refractivity contribution in [2.45, 2.75) is 12.8 Å². The Morgan fingerprint density at radius 1 is 1.12 bits per heavy atom. The average molecular weight is 332 g/mol. The Kier molecular flexibility index (Phi) is 4.21. The maximum Gasteiger partial charge on any atom is 0.320 e. The Balaban J connectivity index is 1.43. The normalized spacial score (nSPS) is 13.4. The molecule has 2 amide bonds. The fraction of sp³-hybridized carbons (Fsp3) is 0.200. The van der Waals surface area contributed by atoms with Crippen LogP contribution in [-0.4, -0.2) is 24.2 Å². The summed E-state index contributed by atoms with van der Waals surface area (Å²) in [5, 5.41) is 7.90. The first-order chi connectivity index (χ1) is 12.3. The molecule has 1 aromatic heterocycles. The van der Waals surface area contributed by atoms with Crippen molar-refractivity contribution in [2.24, 2.45) is 0 Å². The van der Waals surface area contributed by atoms with E-state index >= 15 is 0 Å². The van der Waals surface area contributed by atoms with Gasteiger partial charge in [-0.1, -0.05) is 30.3 Å². The Morgan fingerprint density at radius 3 is 3.00 bits per heavy atom. The van der Waals surface area contributed by atoms with E-state index in [-0.39, 0.29) is 6.03 Å². The number of carbonyl (C=O) groups excluding carboxylic acids is 1. The number of aryl methyl sites for hydroxylation is 1. The predicted octanol–water partition coefficient (Wildman–Crippen LogP) is 3.77. The molecule has 0 bridgehead atoms. The molecular weight excluding hydrogens is 312 g/mol. The monoisotopic (exact) mass is 332 g/mol. The first-order valence-electron chi connectivity index (χ1n) is 8.52. The molecule has 3 aromatic rings. The van der Waals surface area contributed by atoms with Gasteiger partial charge in [0.2, 0.25) is 0 Å². The zero-order valence-electron chi connectivity index (χ0n) is 13.9. The first-order valence-corrected chi connectivity index (χ1v) is 8.52.